The Hall–Kier alpha value is -2.77. The molecule has 158 valence electrons. The number of hydrogen-bond donors (Lipinski definition) is 2. The Morgan fingerprint density at radius 2 is 2.14 bits per heavy atom. The highest BCUT2D eigenvalue weighted by Gasteiger charge is 2.26. The number of carbonyl (C=O) groups excluding carboxylic acids is 2. The van der Waals surface area contributed by atoms with Gasteiger partial charge in [0.05, 0.1) is 5.69 Å². The number of carbonyl (C=O) groups is 2. The summed E-state index contributed by atoms with van der Waals surface area (Å²) >= 11 is 0. The van der Waals surface area contributed by atoms with Crippen LogP contribution in [0.15, 0.2) is 29.3 Å². The summed E-state index contributed by atoms with van der Waals surface area (Å²) in [5.74, 6) is 1.69. The summed E-state index contributed by atoms with van der Waals surface area (Å²) in [7, 11) is 0. The molecular weight excluding hydrogens is 370 g/mol. The fourth-order valence-electron chi connectivity index (χ4n) is 3.66. The second kappa shape index (κ2) is 10.1. The second-order valence-electron chi connectivity index (χ2n) is 7.24. The molecule has 0 saturated carbocycles. The van der Waals surface area contributed by atoms with Crippen LogP contribution in [0, 0.1) is 0 Å². The number of fused-ring (bicyclic) bond motifs is 1. The predicted molar refractivity (Wildman–Crippen MR) is 113 cm³/mol. The van der Waals surface area contributed by atoms with E-state index in [2.05, 4.69) is 15.6 Å². The van der Waals surface area contributed by atoms with Gasteiger partial charge in [0.1, 0.15) is 5.75 Å². The molecular formula is C21H31N5O3. The molecule has 0 radical (unpaired) electrons. The Morgan fingerprint density at radius 3 is 2.93 bits per heavy atom. The second-order valence-corrected chi connectivity index (χ2v) is 7.24. The molecule has 1 atom stereocenters. The van der Waals surface area contributed by atoms with Crippen molar-refractivity contribution < 1.29 is 14.3 Å². The number of likely N-dealkylation sites (tertiary alicyclic amines) is 1. The molecule has 1 fully saturated rings. The van der Waals surface area contributed by atoms with E-state index in [1.807, 2.05) is 43.0 Å². The lowest BCUT2D eigenvalue weighted by atomic mass is 10.2. The minimum atomic E-state index is -0.0238. The van der Waals surface area contributed by atoms with E-state index in [1.165, 1.54) is 0 Å². The summed E-state index contributed by atoms with van der Waals surface area (Å²) in [6, 6.07) is 7.83. The summed E-state index contributed by atoms with van der Waals surface area (Å²) in [5, 5.41) is 6.70. The van der Waals surface area contributed by atoms with Crippen LogP contribution in [0.3, 0.4) is 0 Å². The lowest BCUT2D eigenvalue weighted by Crippen LogP contribution is -2.45. The van der Waals surface area contributed by atoms with E-state index in [0.29, 0.717) is 19.5 Å². The molecule has 3 rings (SSSR count). The number of ether oxygens (including phenoxy) is 1. The van der Waals surface area contributed by atoms with Crippen LogP contribution >= 0.6 is 0 Å². The van der Waals surface area contributed by atoms with Crippen molar-refractivity contribution >= 4 is 23.5 Å². The number of benzene rings is 1. The van der Waals surface area contributed by atoms with E-state index < -0.39 is 0 Å². The first-order chi connectivity index (χ1) is 14.1. The summed E-state index contributed by atoms with van der Waals surface area (Å²) in [6.45, 7) is 7.49. The van der Waals surface area contributed by atoms with Crippen molar-refractivity contribution in [2.24, 2.45) is 4.99 Å². The van der Waals surface area contributed by atoms with Crippen molar-refractivity contribution in [2.75, 3.05) is 44.2 Å². The van der Waals surface area contributed by atoms with E-state index in [4.69, 9.17) is 4.74 Å². The Balaban J connectivity index is 1.51. The van der Waals surface area contributed by atoms with E-state index in [-0.39, 0.29) is 24.5 Å². The van der Waals surface area contributed by atoms with Crippen molar-refractivity contribution in [2.45, 2.75) is 39.2 Å². The molecule has 29 heavy (non-hydrogen) atoms. The fourth-order valence-corrected chi connectivity index (χ4v) is 3.66. The number of para-hydroxylation sites is 2. The zero-order chi connectivity index (χ0) is 20.6. The van der Waals surface area contributed by atoms with Gasteiger partial charge in [-0.3, -0.25) is 14.6 Å². The van der Waals surface area contributed by atoms with Crippen LogP contribution in [0.5, 0.6) is 5.75 Å². The van der Waals surface area contributed by atoms with Crippen molar-refractivity contribution in [1.82, 2.24) is 15.5 Å². The molecule has 0 aromatic heterocycles. The van der Waals surface area contributed by atoms with Gasteiger partial charge in [-0.15, -0.1) is 0 Å². The van der Waals surface area contributed by atoms with Crippen LogP contribution in [-0.2, 0) is 9.59 Å². The maximum absolute atomic E-state index is 12.2. The Bertz CT molecular complexity index is 752. The van der Waals surface area contributed by atoms with Crippen molar-refractivity contribution in [3.05, 3.63) is 24.3 Å². The first-order valence-electron chi connectivity index (χ1n) is 10.5. The number of amides is 2. The molecule has 8 nitrogen and oxygen atoms in total. The Kier molecular flexibility index (Phi) is 7.32. The molecule has 0 spiro atoms. The average molecular weight is 402 g/mol. The summed E-state index contributed by atoms with van der Waals surface area (Å²) in [5.41, 5.74) is 0.824. The van der Waals surface area contributed by atoms with Gasteiger partial charge in [0.2, 0.25) is 5.91 Å². The van der Waals surface area contributed by atoms with Crippen molar-refractivity contribution in [3.63, 3.8) is 0 Å². The van der Waals surface area contributed by atoms with E-state index in [0.717, 1.165) is 49.9 Å². The number of nitrogens with zero attached hydrogens (tertiary/aromatic N) is 3. The van der Waals surface area contributed by atoms with Gasteiger partial charge in [-0.05, 0) is 31.9 Å². The average Bonchev–Trinajstić information content (AvgIpc) is 3.20. The van der Waals surface area contributed by atoms with E-state index in [1.54, 1.807) is 4.90 Å². The Labute approximate surface area is 172 Å². The molecule has 2 amide bonds. The molecule has 1 aromatic rings. The molecule has 2 aliphatic rings. The fraction of sp³-hybridized carbons (Fsp3) is 0.571. The summed E-state index contributed by atoms with van der Waals surface area (Å²) < 4.78 is 5.48. The number of anilines is 1. The standard InChI is InChI=1S/C21H31N5O3/c1-3-19(27)25-13-10-16(14-25)24-21(22-4-2)23-11-7-12-26-17-8-5-6-9-18(17)29-15-20(26)28/h5-6,8-9,16H,3-4,7,10-15H2,1-2H3,(H2,22,23,24). The van der Waals surface area contributed by atoms with Crippen molar-refractivity contribution in [1.29, 1.82) is 0 Å². The minimum absolute atomic E-state index is 0.0238. The lowest BCUT2D eigenvalue weighted by Gasteiger charge is -2.29. The predicted octanol–water partition coefficient (Wildman–Crippen LogP) is 1.37. The van der Waals surface area contributed by atoms with Gasteiger partial charge in [0, 0.05) is 45.2 Å². The van der Waals surface area contributed by atoms with Crippen LogP contribution in [0.4, 0.5) is 5.69 Å². The molecule has 1 unspecified atom stereocenters. The molecule has 2 heterocycles. The third kappa shape index (κ3) is 5.40. The molecule has 2 N–H and O–H groups in total. The maximum atomic E-state index is 12.2. The van der Waals surface area contributed by atoms with Gasteiger partial charge in [-0.1, -0.05) is 19.1 Å². The highest BCUT2D eigenvalue weighted by molar-refractivity contribution is 5.97. The van der Waals surface area contributed by atoms with Gasteiger partial charge >= 0.3 is 0 Å². The number of guanidine groups is 1. The first-order valence-corrected chi connectivity index (χ1v) is 10.5. The van der Waals surface area contributed by atoms with Crippen LogP contribution in [0.25, 0.3) is 0 Å². The van der Waals surface area contributed by atoms with Gasteiger partial charge in [-0.25, -0.2) is 0 Å². The van der Waals surface area contributed by atoms with Crippen LogP contribution in [0.1, 0.15) is 33.1 Å². The summed E-state index contributed by atoms with van der Waals surface area (Å²) in [4.78, 5) is 32.4. The highest BCUT2D eigenvalue weighted by Crippen LogP contribution is 2.31. The SMILES string of the molecule is CCNC(=NCCCN1C(=O)COc2ccccc21)NC1CCN(C(=O)CC)C1. The molecule has 0 aliphatic carbocycles. The zero-order valence-corrected chi connectivity index (χ0v) is 17.3. The van der Waals surface area contributed by atoms with Crippen LogP contribution < -0.4 is 20.3 Å². The maximum Gasteiger partial charge on any atom is 0.265 e. The molecule has 0 bridgehead atoms. The van der Waals surface area contributed by atoms with Gasteiger partial charge in [-0.2, -0.15) is 0 Å². The Morgan fingerprint density at radius 1 is 1.31 bits per heavy atom. The number of aliphatic imine (C=N–C) groups is 1. The molecule has 1 aromatic carbocycles. The molecule has 1 saturated heterocycles. The van der Waals surface area contributed by atoms with E-state index in [9.17, 15) is 9.59 Å². The smallest absolute Gasteiger partial charge is 0.265 e. The topological polar surface area (TPSA) is 86.3 Å². The normalized spacial score (nSPS) is 19.0. The number of rotatable bonds is 7. The quantitative estimate of drug-likeness (QED) is 0.409. The van der Waals surface area contributed by atoms with Crippen molar-refractivity contribution in [3.8, 4) is 5.75 Å². The largest absolute Gasteiger partial charge is 0.482 e. The lowest BCUT2D eigenvalue weighted by molar-refractivity contribution is -0.129. The van der Waals surface area contributed by atoms with E-state index >= 15 is 0 Å². The monoisotopic (exact) mass is 401 g/mol. The number of nitrogens with one attached hydrogen (secondary N) is 2. The molecule has 2 aliphatic heterocycles. The zero-order valence-electron chi connectivity index (χ0n) is 17.3. The minimum Gasteiger partial charge on any atom is -0.482 e. The third-order valence-corrected chi connectivity index (χ3v) is 5.15. The van der Waals surface area contributed by atoms with Gasteiger partial charge in [0.25, 0.3) is 5.91 Å². The number of hydrogen-bond acceptors (Lipinski definition) is 4. The van der Waals surface area contributed by atoms with Crippen LogP contribution in [-0.4, -0.2) is 68.0 Å². The van der Waals surface area contributed by atoms with Gasteiger partial charge in [0.15, 0.2) is 12.6 Å². The third-order valence-electron chi connectivity index (χ3n) is 5.15. The molecule has 8 heteroatoms. The summed E-state index contributed by atoms with van der Waals surface area (Å²) in [6.07, 6.45) is 2.22. The van der Waals surface area contributed by atoms with Gasteiger partial charge < -0.3 is 25.2 Å². The van der Waals surface area contributed by atoms with Crippen LogP contribution in [0.2, 0.25) is 0 Å². The first kappa shape index (κ1) is 21.0. The highest BCUT2D eigenvalue weighted by atomic mass is 16.5.